The second kappa shape index (κ2) is 7.03. The fourth-order valence-corrected chi connectivity index (χ4v) is 4.92. The second-order valence-electron chi connectivity index (χ2n) is 8.15. The van der Waals surface area contributed by atoms with E-state index in [1.54, 1.807) is 0 Å². The van der Waals surface area contributed by atoms with Gasteiger partial charge in [-0.2, -0.15) is 21.0 Å². The summed E-state index contributed by atoms with van der Waals surface area (Å²) >= 11 is 0. The average Bonchev–Trinajstić information content (AvgIpc) is 2.72. The van der Waals surface area contributed by atoms with Gasteiger partial charge in [0.25, 0.3) is 0 Å². The van der Waals surface area contributed by atoms with Crippen molar-refractivity contribution in [2.75, 3.05) is 0 Å². The van der Waals surface area contributed by atoms with Crippen LogP contribution in [0.1, 0.15) is 45.2 Å². The van der Waals surface area contributed by atoms with Gasteiger partial charge in [-0.25, -0.2) is 0 Å². The van der Waals surface area contributed by atoms with Crippen LogP contribution >= 0.6 is 0 Å². The number of benzene rings is 1. The Bertz CT molecular complexity index is 933. The van der Waals surface area contributed by atoms with E-state index >= 15 is 0 Å². The summed E-state index contributed by atoms with van der Waals surface area (Å²) in [7, 11) is 0. The van der Waals surface area contributed by atoms with E-state index in [1.807, 2.05) is 37.3 Å². The number of hydrogen-bond acceptors (Lipinski definition) is 5. The largest absolute Gasteiger partial charge is 0.378 e. The summed E-state index contributed by atoms with van der Waals surface area (Å²) in [5, 5.41) is 44.4. The van der Waals surface area contributed by atoms with Crippen LogP contribution in [0.4, 0.5) is 0 Å². The van der Waals surface area contributed by atoms with Crippen LogP contribution in [0.2, 0.25) is 0 Å². The predicted molar refractivity (Wildman–Crippen MR) is 103 cm³/mol. The number of allylic oxidation sites excluding steroid dienone is 2. The lowest BCUT2D eigenvalue weighted by Crippen LogP contribution is -2.56. The molecule has 1 aliphatic carbocycles. The summed E-state index contributed by atoms with van der Waals surface area (Å²) in [6.07, 6.45) is 1.78. The van der Waals surface area contributed by atoms with Crippen LogP contribution in [-0.4, -0.2) is 0 Å². The standard InChI is InChI=1S/C23H23N5/c1-15(2)18-10-9-16(3)19-20(18)28-21(17-7-5-4-6-8-17)23(13-26,14-27)22(19,11-24)12-25/h4-8,15-16,18,21,28H,9-10H2,1-3H3/t16-,18+,21+/m1/s1. The zero-order valence-electron chi connectivity index (χ0n) is 16.4. The monoisotopic (exact) mass is 369 g/mol. The third kappa shape index (κ3) is 2.41. The van der Waals surface area contributed by atoms with E-state index in [0.29, 0.717) is 11.5 Å². The van der Waals surface area contributed by atoms with Crippen molar-refractivity contribution in [1.82, 2.24) is 5.32 Å². The van der Waals surface area contributed by atoms with Gasteiger partial charge < -0.3 is 5.32 Å². The highest BCUT2D eigenvalue weighted by molar-refractivity contribution is 5.54. The first kappa shape index (κ1) is 19.5. The minimum absolute atomic E-state index is 0.0467. The summed E-state index contributed by atoms with van der Waals surface area (Å²) < 4.78 is 0. The molecule has 0 saturated carbocycles. The van der Waals surface area contributed by atoms with Gasteiger partial charge in [0, 0.05) is 11.6 Å². The zero-order valence-corrected chi connectivity index (χ0v) is 16.4. The van der Waals surface area contributed by atoms with E-state index < -0.39 is 16.9 Å². The molecule has 5 heteroatoms. The van der Waals surface area contributed by atoms with Gasteiger partial charge in [0.2, 0.25) is 10.8 Å². The Morgan fingerprint density at radius 1 is 0.964 bits per heavy atom. The summed E-state index contributed by atoms with van der Waals surface area (Å²) in [6.45, 7) is 6.24. The van der Waals surface area contributed by atoms with Crippen molar-refractivity contribution in [3.05, 3.63) is 47.2 Å². The van der Waals surface area contributed by atoms with Gasteiger partial charge in [0.1, 0.15) is 0 Å². The average molecular weight is 369 g/mol. The summed E-state index contributed by atoms with van der Waals surface area (Å²) in [5.74, 6) is 0.427. The molecular formula is C23H23N5. The first-order valence-corrected chi connectivity index (χ1v) is 9.63. The molecule has 3 rings (SSSR count). The predicted octanol–water partition coefficient (Wildman–Crippen LogP) is 4.35. The molecule has 1 aliphatic heterocycles. The molecule has 0 spiro atoms. The Hall–Kier alpha value is -3.28. The Labute approximate surface area is 166 Å². The maximum absolute atomic E-state index is 10.2. The van der Waals surface area contributed by atoms with E-state index in [9.17, 15) is 21.0 Å². The number of nitriles is 4. The summed E-state index contributed by atoms with van der Waals surface area (Å²) in [6, 6.07) is 16.9. The molecule has 0 aromatic heterocycles. The molecule has 0 saturated heterocycles. The normalized spacial score (nSPS) is 27.4. The fourth-order valence-electron chi connectivity index (χ4n) is 4.92. The van der Waals surface area contributed by atoms with Crippen molar-refractivity contribution in [1.29, 1.82) is 21.0 Å². The SMILES string of the molecule is CC(C)[C@@H]1CC[C@@H](C)C2=C1N[C@@H](c1ccccc1)C(C#N)(C#N)C2(C#N)C#N. The highest BCUT2D eigenvalue weighted by Crippen LogP contribution is 2.60. The smallest absolute Gasteiger partial charge is 0.203 e. The number of hydrogen-bond donors (Lipinski definition) is 1. The van der Waals surface area contributed by atoms with Gasteiger partial charge >= 0.3 is 0 Å². The van der Waals surface area contributed by atoms with Crippen molar-refractivity contribution in [3.8, 4) is 24.3 Å². The lowest BCUT2D eigenvalue weighted by Gasteiger charge is -2.51. The first-order chi connectivity index (χ1) is 13.4. The van der Waals surface area contributed by atoms with Crippen LogP contribution in [0.25, 0.3) is 0 Å². The van der Waals surface area contributed by atoms with E-state index in [2.05, 4.69) is 43.4 Å². The van der Waals surface area contributed by atoms with Crippen LogP contribution in [0.5, 0.6) is 0 Å². The third-order valence-electron chi connectivity index (χ3n) is 6.42. The summed E-state index contributed by atoms with van der Waals surface area (Å²) in [5.41, 5.74) is -1.41. The molecule has 1 aromatic rings. The highest BCUT2D eigenvalue weighted by Gasteiger charge is 2.66. The van der Waals surface area contributed by atoms with Crippen molar-refractivity contribution in [2.24, 2.45) is 28.6 Å². The van der Waals surface area contributed by atoms with Gasteiger partial charge in [-0.1, -0.05) is 51.1 Å². The topological polar surface area (TPSA) is 107 Å². The summed E-state index contributed by atoms with van der Waals surface area (Å²) in [4.78, 5) is 0. The molecule has 0 amide bonds. The van der Waals surface area contributed by atoms with E-state index in [1.165, 1.54) is 0 Å². The molecule has 2 aliphatic rings. The minimum Gasteiger partial charge on any atom is -0.378 e. The second-order valence-corrected chi connectivity index (χ2v) is 8.15. The Balaban J connectivity index is 2.41. The van der Waals surface area contributed by atoms with Crippen LogP contribution < -0.4 is 5.32 Å². The molecule has 140 valence electrons. The molecule has 3 atom stereocenters. The molecule has 1 heterocycles. The Kier molecular flexibility index (Phi) is 4.89. The number of rotatable bonds is 2. The molecule has 1 aromatic carbocycles. The highest BCUT2D eigenvalue weighted by atomic mass is 15.0. The van der Waals surface area contributed by atoms with E-state index in [0.717, 1.165) is 24.1 Å². The lowest BCUT2D eigenvalue weighted by atomic mass is 9.51. The molecule has 0 bridgehead atoms. The van der Waals surface area contributed by atoms with Crippen molar-refractivity contribution in [2.45, 2.75) is 39.7 Å². The first-order valence-electron chi connectivity index (χ1n) is 9.63. The van der Waals surface area contributed by atoms with E-state index in [4.69, 9.17) is 0 Å². The Morgan fingerprint density at radius 2 is 1.57 bits per heavy atom. The molecule has 0 fully saturated rings. The van der Waals surface area contributed by atoms with Crippen molar-refractivity contribution < 1.29 is 0 Å². The Morgan fingerprint density at radius 3 is 2.07 bits per heavy atom. The fraction of sp³-hybridized carbons (Fsp3) is 0.478. The van der Waals surface area contributed by atoms with Crippen LogP contribution in [0.3, 0.4) is 0 Å². The van der Waals surface area contributed by atoms with Gasteiger partial charge in [-0.3, -0.25) is 0 Å². The van der Waals surface area contributed by atoms with Gasteiger partial charge in [0.15, 0.2) is 0 Å². The lowest BCUT2D eigenvalue weighted by molar-refractivity contribution is 0.175. The van der Waals surface area contributed by atoms with Gasteiger partial charge in [0.05, 0.1) is 30.3 Å². The van der Waals surface area contributed by atoms with Gasteiger partial charge in [-0.05, 0) is 35.8 Å². The molecule has 1 N–H and O–H groups in total. The molecule has 0 unspecified atom stereocenters. The van der Waals surface area contributed by atoms with Crippen LogP contribution in [0, 0.1) is 73.9 Å². The maximum Gasteiger partial charge on any atom is 0.203 e. The quantitative estimate of drug-likeness (QED) is 0.833. The maximum atomic E-state index is 10.2. The van der Waals surface area contributed by atoms with Crippen LogP contribution in [0.15, 0.2) is 41.6 Å². The minimum atomic E-state index is -1.84. The zero-order chi connectivity index (χ0) is 20.5. The molecule has 0 radical (unpaired) electrons. The third-order valence-corrected chi connectivity index (χ3v) is 6.42. The molecule has 5 nitrogen and oxygen atoms in total. The number of nitrogens with one attached hydrogen (secondary N) is 1. The molecule has 28 heavy (non-hydrogen) atoms. The van der Waals surface area contributed by atoms with Gasteiger partial charge in [-0.15, -0.1) is 0 Å². The van der Waals surface area contributed by atoms with Crippen molar-refractivity contribution >= 4 is 0 Å². The van der Waals surface area contributed by atoms with Crippen molar-refractivity contribution in [3.63, 3.8) is 0 Å². The van der Waals surface area contributed by atoms with E-state index in [-0.39, 0.29) is 11.8 Å². The van der Waals surface area contributed by atoms with Crippen LogP contribution in [-0.2, 0) is 0 Å². The molecular weight excluding hydrogens is 346 g/mol. The number of nitrogens with zero attached hydrogens (tertiary/aromatic N) is 4.